The Balaban J connectivity index is 1.81. The van der Waals surface area contributed by atoms with Crippen LogP contribution in [0.4, 0.5) is 0 Å². The lowest BCUT2D eigenvalue weighted by Gasteiger charge is -2.23. The fourth-order valence-electron chi connectivity index (χ4n) is 2.87. The Morgan fingerprint density at radius 3 is 3.05 bits per heavy atom. The maximum Gasteiger partial charge on any atom is 0.0568 e. The van der Waals surface area contributed by atoms with Crippen LogP contribution in [0.25, 0.3) is 11.1 Å². The molecule has 1 aliphatic rings. The number of nitrogens with one attached hydrogen (secondary N) is 2. The first-order chi connectivity index (χ1) is 9.33. The molecule has 1 unspecified atom stereocenters. The van der Waals surface area contributed by atoms with E-state index in [1.165, 1.54) is 41.6 Å². The topological polar surface area (TPSA) is 40.7 Å². The van der Waals surface area contributed by atoms with Crippen LogP contribution in [0.15, 0.2) is 30.5 Å². The number of rotatable bonds is 3. The number of aromatic nitrogens is 2. The van der Waals surface area contributed by atoms with Gasteiger partial charge in [0.25, 0.3) is 0 Å². The summed E-state index contributed by atoms with van der Waals surface area (Å²) in [4.78, 5) is 0. The fraction of sp³-hybridized carbons (Fsp3) is 0.438. The normalized spacial score (nSPS) is 19.5. The zero-order valence-electron chi connectivity index (χ0n) is 11.4. The van der Waals surface area contributed by atoms with E-state index in [1.807, 2.05) is 6.20 Å². The average Bonchev–Trinajstić information content (AvgIpc) is 2.88. The third-order valence-corrected chi connectivity index (χ3v) is 3.91. The van der Waals surface area contributed by atoms with Crippen LogP contribution in [0.1, 0.15) is 30.5 Å². The van der Waals surface area contributed by atoms with Gasteiger partial charge in [-0.1, -0.05) is 36.2 Å². The number of hydrogen-bond acceptors (Lipinski definition) is 2. The summed E-state index contributed by atoms with van der Waals surface area (Å²) in [6.45, 7) is 3.28. The molecule has 1 aromatic carbocycles. The van der Waals surface area contributed by atoms with Crippen molar-refractivity contribution in [3.63, 3.8) is 0 Å². The summed E-state index contributed by atoms with van der Waals surface area (Å²) < 4.78 is 0. The first-order valence-electron chi connectivity index (χ1n) is 7.15. The molecule has 1 aliphatic heterocycles. The maximum atomic E-state index is 4.24. The van der Waals surface area contributed by atoms with Gasteiger partial charge < -0.3 is 5.32 Å². The molecule has 2 aromatic rings. The highest BCUT2D eigenvalue weighted by Crippen LogP contribution is 2.24. The van der Waals surface area contributed by atoms with E-state index in [-0.39, 0.29) is 0 Å². The van der Waals surface area contributed by atoms with Gasteiger partial charge in [0.2, 0.25) is 0 Å². The number of H-pyrrole nitrogens is 1. The van der Waals surface area contributed by atoms with Crippen molar-refractivity contribution in [3.8, 4) is 11.1 Å². The molecule has 0 amide bonds. The summed E-state index contributed by atoms with van der Waals surface area (Å²) in [6, 6.07) is 9.22. The van der Waals surface area contributed by atoms with Crippen molar-refractivity contribution >= 4 is 0 Å². The van der Waals surface area contributed by atoms with E-state index in [4.69, 9.17) is 0 Å². The molecule has 1 fully saturated rings. The van der Waals surface area contributed by atoms with Crippen molar-refractivity contribution < 1.29 is 0 Å². The highest BCUT2D eigenvalue weighted by atomic mass is 15.1. The Morgan fingerprint density at radius 2 is 2.26 bits per heavy atom. The Kier molecular flexibility index (Phi) is 3.65. The zero-order valence-corrected chi connectivity index (χ0v) is 11.4. The Labute approximate surface area is 114 Å². The van der Waals surface area contributed by atoms with Gasteiger partial charge in [0, 0.05) is 23.7 Å². The van der Waals surface area contributed by atoms with Crippen LogP contribution >= 0.6 is 0 Å². The van der Waals surface area contributed by atoms with E-state index in [0.29, 0.717) is 6.04 Å². The first-order valence-corrected chi connectivity index (χ1v) is 7.15. The molecule has 3 nitrogen and oxygen atoms in total. The second-order valence-corrected chi connectivity index (χ2v) is 5.48. The summed E-state index contributed by atoms with van der Waals surface area (Å²) >= 11 is 0. The Morgan fingerprint density at radius 1 is 1.32 bits per heavy atom. The fourth-order valence-corrected chi connectivity index (χ4v) is 2.87. The second kappa shape index (κ2) is 5.57. The molecular weight excluding hydrogens is 234 g/mol. The quantitative estimate of drug-likeness (QED) is 0.885. The lowest BCUT2D eigenvalue weighted by atomic mass is 9.96. The highest BCUT2D eigenvalue weighted by Gasteiger charge is 2.16. The van der Waals surface area contributed by atoms with E-state index < -0.39 is 0 Å². The third-order valence-electron chi connectivity index (χ3n) is 3.91. The van der Waals surface area contributed by atoms with E-state index in [9.17, 15) is 0 Å². The van der Waals surface area contributed by atoms with Crippen molar-refractivity contribution in [2.75, 3.05) is 6.54 Å². The summed E-state index contributed by atoms with van der Waals surface area (Å²) in [5, 5.41) is 11.0. The minimum Gasteiger partial charge on any atom is -0.314 e. The molecule has 2 heterocycles. The van der Waals surface area contributed by atoms with Crippen molar-refractivity contribution in [2.45, 2.75) is 38.6 Å². The summed E-state index contributed by atoms with van der Waals surface area (Å²) in [7, 11) is 0. The predicted molar refractivity (Wildman–Crippen MR) is 78.1 cm³/mol. The molecule has 0 bridgehead atoms. The van der Waals surface area contributed by atoms with Crippen LogP contribution in [0, 0.1) is 6.92 Å². The van der Waals surface area contributed by atoms with Crippen LogP contribution in [0.2, 0.25) is 0 Å². The predicted octanol–water partition coefficient (Wildman–Crippen LogP) is 3.07. The summed E-state index contributed by atoms with van der Waals surface area (Å²) in [5.74, 6) is 0. The minimum atomic E-state index is 0.595. The lowest BCUT2D eigenvalue weighted by Crippen LogP contribution is -2.35. The molecule has 0 radical (unpaired) electrons. The van der Waals surface area contributed by atoms with Crippen LogP contribution < -0.4 is 5.32 Å². The molecule has 2 N–H and O–H groups in total. The monoisotopic (exact) mass is 255 g/mol. The van der Waals surface area contributed by atoms with E-state index in [0.717, 1.165) is 13.0 Å². The zero-order chi connectivity index (χ0) is 13.1. The first kappa shape index (κ1) is 12.4. The number of hydrogen-bond donors (Lipinski definition) is 2. The number of benzene rings is 1. The van der Waals surface area contributed by atoms with Gasteiger partial charge in [0.1, 0.15) is 0 Å². The molecule has 1 atom stereocenters. The van der Waals surface area contributed by atoms with Crippen LogP contribution in [-0.2, 0) is 6.42 Å². The maximum absolute atomic E-state index is 4.24. The van der Waals surface area contributed by atoms with Gasteiger partial charge in [-0.25, -0.2) is 0 Å². The van der Waals surface area contributed by atoms with Gasteiger partial charge in [-0.05, 0) is 31.9 Å². The van der Waals surface area contributed by atoms with Gasteiger partial charge in [-0.3, -0.25) is 5.10 Å². The van der Waals surface area contributed by atoms with Crippen molar-refractivity contribution in [2.24, 2.45) is 0 Å². The van der Waals surface area contributed by atoms with E-state index in [1.54, 1.807) is 0 Å². The third kappa shape index (κ3) is 2.87. The van der Waals surface area contributed by atoms with Gasteiger partial charge in [-0.2, -0.15) is 5.10 Å². The molecule has 100 valence electrons. The lowest BCUT2D eigenvalue weighted by molar-refractivity contribution is 0.397. The van der Waals surface area contributed by atoms with Gasteiger partial charge >= 0.3 is 0 Å². The average molecular weight is 255 g/mol. The van der Waals surface area contributed by atoms with Gasteiger partial charge in [-0.15, -0.1) is 0 Å². The van der Waals surface area contributed by atoms with E-state index >= 15 is 0 Å². The van der Waals surface area contributed by atoms with E-state index in [2.05, 4.69) is 46.7 Å². The molecular formula is C16H21N3. The SMILES string of the molecule is Cc1cccc(-c2cn[nH]c2CC2CCCCN2)c1. The molecule has 0 aliphatic carbocycles. The van der Waals surface area contributed by atoms with Gasteiger partial charge in [0.15, 0.2) is 0 Å². The molecule has 1 saturated heterocycles. The van der Waals surface area contributed by atoms with Crippen LogP contribution in [-0.4, -0.2) is 22.8 Å². The molecule has 3 heteroatoms. The molecule has 1 aromatic heterocycles. The number of nitrogens with zero attached hydrogens (tertiary/aromatic N) is 1. The molecule has 0 spiro atoms. The molecule has 0 saturated carbocycles. The van der Waals surface area contributed by atoms with Crippen LogP contribution in [0.5, 0.6) is 0 Å². The Hall–Kier alpha value is -1.61. The standard InChI is InChI=1S/C16H21N3/c1-12-5-4-6-13(9-12)15-11-18-19-16(15)10-14-7-2-3-8-17-14/h4-6,9,11,14,17H,2-3,7-8,10H2,1H3,(H,18,19). The number of aryl methyl sites for hydroxylation is 1. The summed E-state index contributed by atoms with van der Waals surface area (Å²) in [6.07, 6.45) is 6.91. The largest absolute Gasteiger partial charge is 0.314 e. The van der Waals surface area contributed by atoms with Crippen molar-refractivity contribution in [3.05, 3.63) is 41.7 Å². The van der Waals surface area contributed by atoms with Crippen molar-refractivity contribution in [1.82, 2.24) is 15.5 Å². The van der Waals surface area contributed by atoms with Gasteiger partial charge in [0.05, 0.1) is 6.20 Å². The van der Waals surface area contributed by atoms with Crippen LogP contribution in [0.3, 0.4) is 0 Å². The minimum absolute atomic E-state index is 0.595. The summed E-state index contributed by atoms with van der Waals surface area (Å²) in [5.41, 5.74) is 5.06. The molecule has 19 heavy (non-hydrogen) atoms. The number of piperidine rings is 1. The number of aromatic amines is 1. The smallest absolute Gasteiger partial charge is 0.0568 e. The second-order valence-electron chi connectivity index (χ2n) is 5.48. The van der Waals surface area contributed by atoms with Crippen molar-refractivity contribution in [1.29, 1.82) is 0 Å². The highest BCUT2D eigenvalue weighted by molar-refractivity contribution is 5.65. The Bertz CT molecular complexity index is 538. The molecule has 3 rings (SSSR count).